The molecule has 0 saturated carbocycles. The van der Waals surface area contributed by atoms with Crippen molar-refractivity contribution in [1.29, 1.82) is 0 Å². The molecule has 5 rings (SSSR count). The zero-order valence-corrected chi connectivity index (χ0v) is 15.9. The van der Waals surface area contributed by atoms with Crippen LogP contribution in [0.25, 0.3) is 22.4 Å². The Morgan fingerprint density at radius 1 is 0.857 bits per heavy atom. The monoisotopic (exact) mass is 362 g/mol. The predicted molar refractivity (Wildman–Crippen MR) is 116 cm³/mol. The van der Waals surface area contributed by atoms with Gasteiger partial charge in [0.2, 0.25) is 0 Å². The second-order valence-electron chi connectivity index (χ2n) is 7.56. The number of hydrogen-bond acceptors (Lipinski definition) is 2. The first-order chi connectivity index (χ1) is 13.7. The quantitative estimate of drug-likeness (QED) is 0.412. The van der Waals surface area contributed by atoms with Crippen LogP contribution in [0, 0.1) is 6.92 Å². The Hall–Kier alpha value is -3.39. The van der Waals surface area contributed by atoms with Crippen LogP contribution in [0.4, 0.5) is 5.69 Å². The summed E-state index contributed by atoms with van der Waals surface area (Å²) in [5.41, 5.74) is 18.6. The maximum atomic E-state index is 6.81. The molecule has 0 amide bonds. The lowest BCUT2D eigenvalue weighted by molar-refractivity contribution is 1.16. The first-order valence-corrected chi connectivity index (χ1v) is 9.70. The van der Waals surface area contributed by atoms with Gasteiger partial charge in [0.05, 0.1) is 5.69 Å². The summed E-state index contributed by atoms with van der Waals surface area (Å²) in [6.07, 6.45) is 3.59. The minimum Gasteiger partial charge on any atom is -0.398 e. The molecule has 136 valence electrons. The number of benzene rings is 3. The van der Waals surface area contributed by atoms with E-state index in [4.69, 9.17) is 5.73 Å². The van der Waals surface area contributed by atoms with Crippen molar-refractivity contribution >= 4 is 5.69 Å². The average molecular weight is 362 g/mol. The molecule has 1 aromatic heterocycles. The maximum absolute atomic E-state index is 6.81. The number of nitrogens with two attached hydrogens (primary N) is 1. The summed E-state index contributed by atoms with van der Waals surface area (Å²) in [6.45, 7) is 2.11. The first-order valence-electron chi connectivity index (χ1n) is 9.70. The number of aryl methyl sites for hydroxylation is 1. The molecule has 0 unspecified atom stereocenters. The van der Waals surface area contributed by atoms with E-state index >= 15 is 0 Å². The van der Waals surface area contributed by atoms with Gasteiger partial charge >= 0.3 is 0 Å². The normalized spacial score (nSPS) is 11.9. The molecule has 2 nitrogen and oxygen atoms in total. The summed E-state index contributed by atoms with van der Waals surface area (Å²) in [6, 6.07) is 25.6. The van der Waals surface area contributed by atoms with E-state index in [0.717, 1.165) is 29.8 Å². The fourth-order valence-corrected chi connectivity index (χ4v) is 4.25. The Morgan fingerprint density at radius 3 is 2.46 bits per heavy atom. The van der Waals surface area contributed by atoms with E-state index in [1.807, 2.05) is 12.3 Å². The van der Waals surface area contributed by atoms with Crippen LogP contribution in [-0.4, -0.2) is 4.98 Å². The van der Waals surface area contributed by atoms with Crippen LogP contribution >= 0.6 is 0 Å². The smallest absolute Gasteiger partial charge is 0.0708 e. The molecule has 0 saturated heterocycles. The maximum Gasteiger partial charge on any atom is 0.0708 e. The predicted octanol–water partition coefficient (Wildman–Crippen LogP) is 5.80. The number of aromatic nitrogens is 1. The highest BCUT2D eigenvalue weighted by atomic mass is 14.7. The summed E-state index contributed by atoms with van der Waals surface area (Å²) in [5.74, 6) is 0. The fraction of sp³-hybridized carbons (Fsp3) is 0.115. The van der Waals surface area contributed by atoms with E-state index in [1.165, 1.54) is 38.9 Å². The lowest BCUT2D eigenvalue weighted by Gasteiger charge is -2.17. The molecule has 1 aliphatic carbocycles. The fourth-order valence-electron chi connectivity index (χ4n) is 4.25. The Morgan fingerprint density at radius 2 is 1.64 bits per heavy atom. The average Bonchev–Trinajstić information content (AvgIpc) is 3.10. The van der Waals surface area contributed by atoms with Crippen molar-refractivity contribution in [3.63, 3.8) is 0 Å². The molecular weight excluding hydrogens is 340 g/mol. The molecule has 0 atom stereocenters. The number of pyridine rings is 1. The molecule has 4 aromatic rings. The molecule has 0 fully saturated rings. The summed E-state index contributed by atoms with van der Waals surface area (Å²) in [4.78, 5) is 4.68. The highest BCUT2D eigenvalue weighted by Gasteiger charge is 2.25. The van der Waals surface area contributed by atoms with Crippen molar-refractivity contribution in [1.82, 2.24) is 4.98 Å². The van der Waals surface area contributed by atoms with Gasteiger partial charge in [0.1, 0.15) is 0 Å². The van der Waals surface area contributed by atoms with Crippen LogP contribution in [0.2, 0.25) is 0 Å². The second-order valence-corrected chi connectivity index (χ2v) is 7.56. The third kappa shape index (κ3) is 2.78. The molecule has 0 radical (unpaired) electrons. The van der Waals surface area contributed by atoms with E-state index in [-0.39, 0.29) is 0 Å². The Bertz CT molecular complexity index is 1180. The number of fused-ring (bicyclic) bond motifs is 3. The number of anilines is 1. The number of rotatable bonds is 3. The topological polar surface area (TPSA) is 38.9 Å². The second kappa shape index (κ2) is 6.65. The van der Waals surface area contributed by atoms with Crippen molar-refractivity contribution in [3.05, 3.63) is 107 Å². The Labute approximate surface area is 165 Å². The van der Waals surface area contributed by atoms with Crippen LogP contribution < -0.4 is 5.73 Å². The van der Waals surface area contributed by atoms with Crippen molar-refractivity contribution in [2.24, 2.45) is 0 Å². The van der Waals surface area contributed by atoms with E-state index in [1.54, 1.807) is 0 Å². The van der Waals surface area contributed by atoms with Gasteiger partial charge in [-0.05, 0) is 64.1 Å². The minimum atomic E-state index is 0.807. The van der Waals surface area contributed by atoms with E-state index in [9.17, 15) is 0 Å². The molecule has 0 bridgehead atoms. The lowest BCUT2D eigenvalue weighted by Crippen LogP contribution is -2.04. The minimum absolute atomic E-state index is 0.807. The van der Waals surface area contributed by atoms with Gasteiger partial charge in [-0.25, -0.2) is 0 Å². The van der Waals surface area contributed by atoms with Crippen molar-refractivity contribution in [2.75, 3.05) is 5.73 Å². The van der Waals surface area contributed by atoms with Gasteiger partial charge in [0.15, 0.2) is 0 Å². The zero-order chi connectivity index (χ0) is 19.1. The summed E-state index contributed by atoms with van der Waals surface area (Å²) in [5, 5.41) is 0. The van der Waals surface area contributed by atoms with Crippen molar-refractivity contribution in [2.45, 2.75) is 19.8 Å². The summed E-state index contributed by atoms with van der Waals surface area (Å²) >= 11 is 0. The van der Waals surface area contributed by atoms with Gasteiger partial charge in [-0.1, -0.05) is 54.6 Å². The molecule has 28 heavy (non-hydrogen) atoms. The van der Waals surface area contributed by atoms with Gasteiger partial charge < -0.3 is 5.73 Å². The van der Waals surface area contributed by atoms with Crippen LogP contribution in [-0.2, 0) is 12.8 Å². The lowest BCUT2D eigenvalue weighted by atomic mass is 9.90. The van der Waals surface area contributed by atoms with Gasteiger partial charge in [-0.3, -0.25) is 4.98 Å². The van der Waals surface area contributed by atoms with Gasteiger partial charge in [0.25, 0.3) is 0 Å². The van der Waals surface area contributed by atoms with Crippen molar-refractivity contribution < 1.29 is 0 Å². The zero-order valence-electron chi connectivity index (χ0n) is 15.9. The van der Waals surface area contributed by atoms with Gasteiger partial charge in [-0.2, -0.15) is 0 Å². The van der Waals surface area contributed by atoms with Gasteiger partial charge in [-0.15, -0.1) is 0 Å². The summed E-state index contributed by atoms with van der Waals surface area (Å²) < 4.78 is 0. The molecule has 0 aliphatic heterocycles. The van der Waals surface area contributed by atoms with Crippen LogP contribution in [0.5, 0.6) is 0 Å². The van der Waals surface area contributed by atoms with Crippen LogP contribution in [0.15, 0.2) is 79.0 Å². The highest BCUT2D eigenvalue weighted by Crippen LogP contribution is 2.44. The third-order valence-corrected chi connectivity index (χ3v) is 5.68. The molecular formula is C26H22N2. The molecule has 2 N–H and O–H groups in total. The first kappa shape index (κ1) is 16.8. The highest BCUT2D eigenvalue weighted by molar-refractivity contribution is 5.88. The Balaban J connectivity index is 1.75. The van der Waals surface area contributed by atoms with Crippen molar-refractivity contribution in [3.8, 4) is 22.4 Å². The SMILES string of the molecule is Cc1ccnc(-c2cc3c(c(N)c2Cc2ccccc2)Cc2ccccc2-3)c1. The number of nitrogen functional groups attached to an aromatic ring is 1. The summed E-state index contributed by atoms with van der Waals surface area (Å²) in [7, 11) is 0. The third-order valence-electron chi connectivity index (χ3n) is 5.68. The van der Waals surface area contributed by atoms with Gasteiger partial charge in [0, 0.05) is 30.3 Å². The molecule has 3 aromatic carbocycles. The standard InChI is InChI=1S/C26H22N2/c1-17-11-12-28-25(13-17)22-16-21-20-10-6-5-9-19(20)15-24(21)26(27)23(22)14-18-7-3-2-4-8-18/h2-13,16H,14-15,27H2,1H3. The molecule has 2 heteroatoms. The Kier molecular flexibility index (Phi) is 3.98. The molecule has 0 spiro atoms. The van der Waals surface area contributed by atoms with Crippen LogP contribution in [0.1, 0.15) is 27.8 Å². The van der Waals surface area contributed by atoms with E-state index in [2.05, 4.69) is 78.6 Å². The van der Waals surface area contributed by atoms with Crippen LogP contribution in [0.3, 0.4) is 0 Å². The van der Waals surface area contributed by atoms with E-state index < -0.39 is 0 Å². The molecule has 1 aliphatic rings. The molecule has 1 heterocycles. The number of hydrogen-bond donors (Lipinski definition) is 1. The largest absolute Gasteiger partial charge is 0.398 e. The van der Waals surface area contributed by atoms with E-state index in [0.29, 0.717) is 0 Å². The number of nitrogens with zero attached hydrogens (tertiary/aromatic N) is 1.